The maximum Gasteiger partial charge on any atom is 0.248 e. The highest BCUT2D eigenvalue weighted by Crippen LogP contribution is 2.16. The molecular weight excluding hydrogens is 284 g/mol. The number of H-pyrrole nitrogens is 1. The van der Waals surface area contributed by atoms with Gasteiger partial charge in [-0.15, -0.1) is 5.10 Å². The number of aliphatic hydroxyl groups excluding tert-OH is 1. The SMILES string of the molecule is Nc1nc(Nc2ccc(S(=O)(=O)NCCO)cc2)n[nH]1. The number of rotatable bonds is 6. The fourth-order valence-corrected chi connectivity index (χ4v) is 2.46. The Morgan fingerprint density at radius 2 is 2.00 bits per heavy atom. The van der Waals surface area contributed by atoms with Gasteiger partial charge < -0.3 is 16.2 Å². The molecule has 0 spiro atoms. The zero-order valence-corrected chi connectivity index (χ0v) is 11.2. The number of nitrogen functional groups attached to an aromatic ring is 1. The third kappa shape index (κ3) is 3.44. The van der Waals surface area contributed by atoms with Crippen LogP contribution in [0.4, 0.5) is 17.6 Å². The average Bonchev–Trinajstić information content (AvgIpc) is 2.82. The van der Waals surface area contributed by atoms with E-state index in [0.29, 0.717) is 5.69 Å². The average molecular weight is 298 g/mol. The first-order chi connectivity index (χ1) is 9.51. The Morgan fingerprint density at radius 1 is 1.30 bits per heavy atom. The van der Waals surface area contributed by atoms with E-state index in [2.05, 4.69) is 25.2 Å². The predicted molar refractivity (Wildman–Crippen MR) is 72.8 cm³/mol. The molecule has 6 N–H and O–H groups in total. The second-order valence-electron chi connectivity index (χ2n) is 3.82. The van der Waals surface area contributed by atoms with Crippen molar-refractivity contribution in [1.29, 1.82) is 0 Å². The number of hydrogen-bond acceptors (Lipinski definition) is 7. The largest absolute Gasteiger partial charge is 0.395 e. The first-order valence-corrected chi connectivity index (χ1v) is 7.15. The van der Waals surface area contributed by atoms with E-state index in [-0.39, 0.29) is 29.9 Å². The Labute approximate surface area is 115 Å². The van der Waals surface area contributed by atoms with Crippen molar-refractivity contribution in [2.75, 3.05) is 24.2 Å². The summed E-state index contributed by atoms with van der Waals surface area (Å²) in [5.74, 6) is 0.469. The quantitative estimate of drug-likeness (QED) is 0.478. The second-order valence-corrected chi connectivity index (χ2v) is 5.58. The van der Waals surface area contributed by atoms with Crippen molar-refractivity contribution in [2.45, 2.75) is 4.90 Å². The molecule has 1 heterocycles. The predicted octanol–water partition coefficient (Wildman–Crippen LogP) is -0.599. The summed E-state index contributed by atoms with van der Waals surface area (Å²) in [4.78, 5) is 3.96. The Hall–Kier alpha value is -2.17. The lowest BCUT2D eigenvalue weighted by molar-refractivity contribution is 0.301. The third-order valence-electron chi connectivity index (χ3n) is 2.33. The van der Waals surface area contributed by atoms with Crippen molar-refractivity contribution in [3.05, 3.63) is 24.3 Å². The van der Waals surface area contributed by atoms with Gasteiger partial charge in [0.2, 0.25) is 21.9 Å². The molecule has 0 saturated carbocycles. The fraction of sp³-hybridized carbons (Fsp3) is 0.200. The van der Waals surface area contributed by atoms with Gasteiger partial charge >= 0.3 is 0 Å². The highest BCUT2D eigenvalue weighted by Gasteiger charge is 2.12. The third-order valence-corrected chi connectivity index (χ3v) is 3.80. The molecule has 10 heteroatoms. The van der Waals surface area contributed by atoms with Crippen molar-refractivity contribution in [1.82, 2.24) is 19.9 Å². The van der Waals surface area contributed by atoms with Gasteiger partial charge in [-0.1, -0.05) is 0 Å². The molecule has 0 aliphatic rings. The zero-order valence-electron chi connectivity index (χ0n) is 10.4. The molecule has 20 heavy (non-hydrogen) atoms. The molecule has 1 aromatic carbocycles. The monoisotopic (exact) mass is 298 g/mol. The molecule has 0 aliphatic carbocycles. The van der Waals surface area contributed by atoms with E-state index >= 15 is 0 Å². The number of hydrogen-bond donors (Lipinski definition) is 5. The minimum atomic E-state index is -3.60. The molecule has 2 rings (SSSR count). The topological polar surface area (TPSA) is 146 Å². The van der Waals surface area contributed by atoms with Gasteiger partial charge in [-0.05, 0) is 24.3 Å². The molecule has 0 unspecified atom stereocenters. The van der Waals surface area contributed by atoms with Crippen LogP contribution >= 0.6 is 0 Å². The molecule has 0 saturated heterocycles. The number of aliphatic hydroxyl groups is 1. The molecule has 9 nitrogen and oxygen atoms in total. The van der Waals surface area contributed by atoms with Crippen LogP contribution in [0, 0.1) is 0 Å². The van der Waals surface area contributed by atoms with Crippen LogP contribution < -0.4 is 15.8 Å². The molecule has 0 amide bonds. The fourth-order valence-electron chi connectivity index (χ4n) is 1.44. The number of nitrogens with two attached hydrogens (primary N) is 1. The van der Waals surface area contributed by atoms with Crippen LogP contribution in [0.2, 0.25) is 0 Å². The lowest BCUT2D eigenvalue weighted by Gasteiger charge is -2.06. The van der Waals surface area contributed by atoms with Gasteiger partial charge in [0.05, 0.1) is 11.5 Å². The molecule has 0 aliphatic heterocycles. The minimum Gasteiger partial charge on any atom is -0.395 e. The van der Waals surface area contributed by atoms with E-state index in [1.165, 1.54) is 12.1 Å². The standard InChI is InChI=1S/C10H14N6O3S/c11-9-14-10(16-15-9)13-7-1-3-8(4-2-7)20(18,19)12-5-6-17/h1-4,12,17H,5-6H2,(H4,11,13,14,15,16). The van der Waals surface area contributed by atoms with Gasteiger partial charge in [0.25, 0.3) is 0 Å². The van der Waals surface area contributed by atoms with Crippen LogP contribution in [-0.2, 0) is 10.0 Å². The number of aromatic amines is 1. The number of nitrogens with zero attached hydrogens (tertiary/aromatic N) is 2. The summed E-state index contributed by atoms with van der Waals surface area (Å²) < 4.78 is 25.8. The highest BCUT2D eigenvalue weighted by atomic mass is 32.2. The molecule has 0 bridgehead atoms. The molecule has 108 valence electrons. The summed E-state index contributed by atoms with van der Waals surface area (Å²) in [5.41, 5.74) is 6.00. The van der Waals surface area contributed by atoms with Gasteiger partial charge in [0.1, 0.15) is 0 Å². The van der Waals surface area contributed by atoms with Crippen LogP contribution in [0.1, 0.15) is 0 Å². The lowest BCUT2D eigenvalue weighted by atomic mass is 10.3. The summed E-state index contributed by atoms with van der Waals surface area (Å²) in [6, 6.07) is 6.00. The van der Waals surface area contributed by atoms with Crippen molar-refractivity contribution in [3.63, 3.8) is 0 Å². The Morgan fingerprint density at radius 3 is 2.55 bits per heavy atom. The second kappa shape index (κ2) is 5.86. The summed E-state index contributed by atoms with van der Waals surface area (Å²) in [6.07, 6.45) is 0. The Bertz CT molecular complexity index is 667. The van der Waals surface area contributed by atoms with Gasteiger partial charge in [-0.2, -0.15) is 4.98 Å². The minimum absolute atomic E-state index is 0.0290. The highest BCUT2D eigenvalue weighted by molar-refractivity contribution is 7.89. The Balaban J connectivity index is 2.10. The van der Waals surface area contributed by atoms with Gasteiger partial charge in [-0.3, -0.25) is 0 Å². The van der Waals surface area contributed by atoms with E-state index in [0.717, 1.165) is 0 Å². The first-order valence-electron chi connectivity index (χ1n) is 5.67. The van der Waals surface area contributed by atoms with Crippen molar-refractivity contribution >= 4 is 27.6 Å². The zero-order chi connectivity index (χ0) is 14.6. The van der Waals surface area contributed by atoms with Gasteiger partial charge in [0.15, 0.2) is 0 Å². The number of anilines is 3. The summed E-state index contributed by atoms with van der Waals surface area (Å²) in [7, 11) is -3.60. The van der Waals surface area contributed by atoms with Crippen LogP contribution in [0.25, 0.3) is 0 Å². The Kier molecular flexibility index (Phi) is 4.17. The molecule has 0 radical (unpaired) electrons. The molecule has 1 aromatic heterocycles. The summed E-state index contributed by atoms with van der Waals surface area (Å²) in [5, 5.41) is 17.7. The smallest absolute Gasteiger partial charge is 0.248 e. The van der Waals surface area contributed by atoms with Crippen LogP contribution in [-0.4, -0.2) is 41.9 Å². The van der Waals surface area contributed by atoms with Gasteiger partial charge in [0, 0.05) is 12.2 Å². The summed E-state index contributed by atoms with van der Waals surface area (Å²) >= 11 is 0. The summed E-state index contributed by atoms with van der Waals surface area (Å²) in [6.45, 7) is -0.288. The van der Waals surface area contributed by atoms with Crippen LogP contribution in [0.5, 0.6) is 0 Å². The van der Waals surface area contributed by atoms with E-state index in [1.54, 1.807) is 12.1 Å². The number of sulfonamides is 1. The van der Waals surface area contributed by atoms with Crippen LogP contribution in [0.15, 0.2) is 29.2 Å². The van der Waals surface area contributed by atoms with Crippen molar-refractivity contribution < 1.29 is 13.5 Å². The number of aromatic nitrogens is 3. The maximum absolute atomic E-state index is 11.8. The number of nitrogens with one attached hydrogen (secondary N) is 3. The van der Waals surface area contributed by atoms with E-state index in [1.807, 2.05) is 0 Å². The first kappa shape index (κ1) is 14.2. The van der Waals surface area contributed by atoms with Crippen molar-refractivity contribution in [2.24, 2.45) is 0 Å². The number of benzene rings is 1. The van der Waals surface area contributed by atoms with Gasteiger partial charge in [-0.25, -0.2) is 18.2 Å². The van der Waals surface area contributed by atoms with E-state index < -0.39 is 10.0 Å². The van der Waals surface area contributed by atoms with Crippen molar-refractivity contribution in [3.8, 4) is 0 Å². The van der Waals surface area contributed by atoms with Crippen LogP contribution in [0.3, 0.4) is 0 Å². The lowest BCUT2D eigenvalue weighted by Crippen LogP contribution is -2.26. The molecule has 2 aromatic rings. The maximum atomic E-state index is 11.8. The normalized spacial score (nSPS) is 11.4. The molecular formula is C10H14N6O3S. The van der Waals surface area contributed by atoms with E-state index in [4.69, 9.17) is 10.8 Å². The molecule has 0 atom stereocenters. The molecule has 0 fully saturated rings. The van der Waals surface area contributed by atoms with E-state index in [9.17, 15) is 8.42 Å².